The molecule has 7 N–H and O–H groups in total. The van der Waals surface area contributed by atoms with Crippen molar-refractivity contribution in [3.05, 3.63) is 36.0 Å². The maximum atomic E-state index is 12.7. The molecule has 1 aliphatic rings. The second kappa shape index (κ2) is 11.9. The molecular formula is C22H29N5O6S. The Hall–Kier alpha value is -3.09. The topological polar surface area (TPSA) is 173 Å². The van der Waals surface area contributed by atoms with Gasteiger partial charge in [-0.05, 0) is 31.0 Å². The number of aliphatic carboxylic acids is 1. The molecule has 0 spiro atoms. The number of carboxylic acid groups (broad SMARTS) is 1. The van der Waals surface area contributed by atoms with Crippen LogP contribution in [0.3, 0.4) is 0 Å². The average Bonchev–Trinajstić information content (AvgIpc) is 3.50. The van der Waals surface area contributed by atoms with Crippen molar-refractivity contribution in [2.45, 2.75) is 43.4 Å². The van der Waals surface area contributed by atoms with Gasteiger partial charge in [0.1, 0.15) is 18.1 Å². The standard InChI is InChI=1S/C22H29N5O6S/c28-10-17(26-21(31)18(11-34)27-19(29)15-6-3-7-23-15)20(30)25-16(22(32)33)8-12-9-24-14-5-2-1-4-13(12)14/h1-2,4-5,9,15-18,23-24,28,34H,3,6-8,10-11H2,(H,25,30)(H,26,31)(H,27,29)(H,32,33). The summed E-state index contributed by atoms with van der Waals surface area (Å²) in [6.07, 6.45) is 3.19. The number of hydrogen-bond acceptors (Lipinski definition) is 7. The van der Waals surface area contributed by atoms with Gasteiger partial charge >= 0.3 is 5.97 Å². The minimum atomic E-state index is -1.40. The number of rotatable bonds is 11. The van der Waals surface area contributed by atoms with Crippen LogP contribution >= 0.6 is 12.6 Å². The zero-order chi connectivity index (χ0) is 24.7. The van der Waals surface area contributed by atoms with E-state index in [-0.39, 0.29) is 18.1 Å². The van der Waals surface area contributed by atoms with Crippen LogP contribution in [-0.2, 0) is 25.6 Å². The first-order valence-corrected chi connectivity index (χ1v) is 11.6. The number of carbonyl (C=O) groups is 4. The summed E-state index contributed by atoms with van der Waals surface area (Å²) in [5, 5.41) is 30.5. The average molecular weight is 492 g/mol. The number of H-pyrrole nitrogens is 1. The maximum Gasteiger partial charge on any atom is 0.326 e. The third-order valence-electron chi connectivity index (χ3n) is 5.72. The highest BCUT2D eigenvalue weighted by Gasteiger charge is 2.31. The molecule has 1 aromatic heterocycles. The Labute approximate surface area is 201 Å². The van der Waals surface area contributed by atoms with E-state index in [1.54, 1.807) is 6.20 Å². The van der Waals surface area contributed by atoms with Crippen molar-refractivity contribution in [3.63, 3.8) is 0 Å². The maximum absolute atomic E-state index is 12.7. The first-order chi connectivity index (χ1) is 16.3. The summed E-state index contributed by atoms with van der Waals surface area (Å²) in [6.45, 7) is -0.0414. The lowest BCUT2D eigenvalue weighted by molar-refractivity contribution is -0.142. The van der Waals surface area contributed by atoms with Crippen molar-refractivity contribution in [1.29, 1.82) is 0 Å². The molecule has 11 nitrogen and oxygen atoms in total. The smallest absolute Gasteiger partial charge is 0.326 e. The van der Waals surface area contributed by atoms with Crippen molar-refractivity contribution in [3.8, 4) is 0 Å². The van der Waals surface area contributed by atoms with Gasteiger partial charge in [-0.2, -0.15) is 12.6 Å². The number of amides is 3. The van der Waals surface area contributed by atoms with Gasteiger partial charge < -0.3 is 36.5 Å². The molecule has 0 radical (unpaired) electrons. The van der Waals surface area contributed by atoms with Crippen LogP contribution in [0.2, 0.25) is 0 Å². The number of benzene rings is 1. The van der Waals surface area contributed by atoms with E-state index in [0.717, 1.165) is 17.3 Å². The van der Waals surface area contributed by atoms with Crippen molar-refractivity contribution >= 4 is 47.2 Å². The molecule has 3 rings (SSSR count). The van der Waals surface area contributed by atoms with Gasteiger partial charge in [0.2, 0.25) is 17.7 Å². The van der Waals surface area contributed by atoms with Crippen molar-refractivity contribution in [2.75, 3.05) is 18.9 Å². The first kappa shape index (κ1) is 25.5. The zero-order valence-electron chi connectivity index (χ0n) is 18.4. The number of thiol groups is 1. The second-order valence-corrected chi connectivity index (χ2v) is 8.46. The fourth-order valence-corrected chi connectivity index (χ4v) is 4.09. The van der Waals surface area contributed by atoms with Gasteiger partial charge in [0.15, 0.2) is 0 Å². The van der Waals surface area contributed by atoms with E-state index in [1.165, 1.54) is 0 Å². The quantitative estimate of drug-likeness (QED) is 0.185. The number of fused-ring (bicyclic) bond motifs is 1. The molecule has 12 heteroatoms. The fourth-order valence-electron chi connectivity index (χ4n) is 3.83. The first-order valence-electron chi connectivity index (χ1n) is 11.0. The van der Waals surface area contributed by atoms with Crippen LogP contribution in [0.4, 0.5) is 0 Å². The van der Waals surface area contributed by atoms with Crippen molar-refractivity contribution in [2.24, 2.45) is 0 Å². The number of aromatic nitrogens is 1. The number of aliphatic hydroxyl groups is 1. The predicted octanol–water partition coefficient (Wildman–Crippen LogP) is -1.08. The number of carbonyl (C=O) groups excluding carboxylic acids is 3. The lowest BCUT2D eigenvalue weighted by Crippen LogP contribution is -2.58. The van der Waals surface area contributed by atoms with Crippen LogP contribution in [0, 0.1) is 0 Å². The Morgan fingerprint density at radius 1 is 1.06 bits per heavy atom. The van der Waals surface area contributed by atoms with Gasteiger partial charge in [-0.25, -0.2) is 4.79 Å². The highest BCUT2D eigenvalue weighted by atomic mass is 32.1. The number of hydrogen-bond donors (Lipinski definition) is 8. The normalized spacial score (nSPS) is 18.1. The summed E-state index contributed by atoms with van der Waals surface area (Å²) in [4.78, 5) is 52.4. The van der Waals surface area contributed by atoms with Crippen LogP contribution in [0.5, 0.6) is 0 Å². The number of aromatic amines is 1. The van der Waals surface area contributed by atoms with Crippen LogP contribution in [0.1, 0.15) is 18.4 Å². The molecule has 2 heterocycles. The number of para-hydroxylation sites is 1. The number of carboxylic acids is 1. The Bertz CT molecular complexity index is 1040. The van der Waals surface area contributed by atoms with Crippen LogP contribution < -0.4 is 21.3 Å². The highest BCUT2D eigenvalue weighted by Crippen LogP contribution is 2.19. The SMILES string of the molecule is O=C(O)C(Cc1c[nH]c2ccccc12)NC(=O)C(CO)NC(=O)C(CS)NC(=O)C1CCCN1. The molecular weight excluding hydrogens is 462 g/mol. The van der Waals surface area contributed by atoms with Crippen LogP contribution in [0.25, 0.3) is 10.9 Å². The van der Waals surface area contributed by atoms with E-state index in [0.29, 0.717) is 18.5 Å². The van der Waals surface area contributed by atoms with Gasteiger partial charge in [-0.1, -0.05) is 18.2 Å². The minimum Gasteiger partial charge on any atom is -0.480 e. The number of aliphatic hydroxyl groups excluding tert-OH is 1. The summed E-state index contributed by atoms with van der Waals surface area (Å²) in [5.41, 5.74) is 1.53. The highest BCUT2D eigenvalue weighted by molar-refractivity contribution is 7.80. The molecule has 34 heavy (non-hydrogen) atoms. The molecule has 1 fully saturated rings. The Morgan fingerprint density at radius 2 is 1.76 bits per heavy atom. The van der Waals surface area contributed by atoms with Crippen LogP contribution in [0.15, 0.2) is 30.5 Å². The molecule has 1 aliphatic heterocycles. The molecule has 4 atom stereocenters. The largest absolute Gasteiger partial charge is 0.480 e. The number of nitrogens with one attached hydrogen (secondary N) is 5. The van der Waals surface area contributed by atoms with E-state index in [9.17, 15) is 29.4 Å². The summed E-state index contributed by atoms with van der Waals surface area (Å²) >= 11 is 4.10. The lowest BCUT2D eigenvalue weighted by Gasteiger charge is -2.23. The Balaban J connectivity index is 1.61. The van der Waals surface area contributed by atoms with Crippen molar-refractivity contribution in [1.82, 2.24) is 26.3 Å². The van der Waals surface area contributed by atoms with Gasteiger partial charge in [-0.15, -0.1) is 0 Å². The van der Waals surface area contributed by atoms with E-state index < -0.39 is 48.6 Å². The third-order valence-corrected chi connectivity index (χ3v) is 6.09. The van der Waals surface area contributed by atoms with E-state index in [1.807, 2.05) is 24.3 Å². The summed E-state index contributed by atoms with van der Waals surface area (Å²) < 4.78 is 0. The van der Waals surface area contributed by atoms with Gasteiger partial charge in [0.25, 0.3) is 0 Å². The van der Waals surface area contributed by atoms with Gasteiger partial charge in [-0.3, -0.25) is 14.4 Å². The Morgan fingerprint density at radius 3 is 2.41 bits per heavy atom. The van der Waals surface area contributed by atoms with Crippen LogP contribution in [-0.4, -0.2) is 82.0 Å². The van der Waals surface area contributed by atoms with E-state index in [2.05, 4.69) is 38.9 Å². The molecule has 1 saturated heterocycles. The van der Waals surface area contributed by atoms with E-state index >= 15 is 0 Å². The zero-order valence-corrected chi connectivity index (χ0v) is 19.3. The molecule has 0 bridgehead atoms. The molecule has 2 aromatic rings. The molecule has 184 valence electrons. The van der Waals surface area contributed by atoms with Gasteiger partial charge in [0.05, 0.1) is 12.6 Å². The lowest BCUT2D eigenvalue weighted by atomic mass is 10.0. The predicted molar refractivity (Wildman–Crippen MR) is 127 cm³/mol. The molecule has 0 saturated carbocycles. The Kier molecular flexibility index (Phi) is 8.91. The molecule has 1 aromatic carbocycles. The molecule has 0 aliphatic carbocycles. The summed E-state index contributed by atoms with van der Waals surface area (Å²) in [5.74, 6) is -3.20. The van der Waals surface area contributed by atoms with Crippen molar-refractivity contribution < 1.29 is 29.4 Å². The molecule has 4 unspecified atom stereocenters. The third kappa shape index (κ3) is 6.27. The molecule has 3 amide bonds. The summed E-state index contributed by atoms with van der Waals surface area (Å²) in [7, 11) is 0. The minimum absolute atomic E-state index is 0.000885. The van der Waals surface area contributed by atoms with E-state index in [4.69, 9.17) is 0 Å². The van der Waals surface area contributed by atoms with Gasteiger partial charge in [0, 0.05) is 29.3 Å². The fraction of sp³-hybridized carbons (Fsp3) is 0.455. The summed E-state index contributed by atoms with van der Waals surface area (Å²) in [6, 6.07) is 3.25. The monoisotopic (exact) mass is 491 g/mol. The second-order valence-electron chi connectivity index (χ2n) is 8.10.